The predicted octanol–water partition coefficient (Wildman–Crippen LogP) is 3.14. The summed E-state index contributed by atoms with van der Waals surface area (Å²) in [4.78, 5) is 20.9. The van der Waals surface area contributed by atoms with Crippen molar-refractivity contribution in [1.82, 2.24) is 15.3 Å². The Bertz CT molecular complexity index is 776. The molecule has 6 nitrogen and oxygen atoms in total. The largest absolute Gasteiger partial charge is 0.382 e. The number of aromatic nitrogens is 2. The zero-order valence-corrected chi connectivity index (χ0v) is 15.1. The summed E-state index contributed by atoms with van der Waals surface area (Å²) in [5, 5.41) is 9.76. The van der Waals surface area contributed by atoms with Gasteiger partial charge in [-0.2, -0.15) is 0 Å². The van der Waals surface area contributed by atoms with Crippen LogP contribution in [0.2, 0.25) is 0 Å². The van der Waals surface area contributed by atoms with E-state index in [1.807, 2.05) is 31.2 Å². The minimum atomic E-state index is -0.0846. The van der Waals surface area contributed by atoms with Crippen LogP contribution in [0, 0.1) is 12.8 Å². The van der Waals surface area contributed by atoms with E-state index in [-0.39, 0.29) is 11.9 Å². The number of hydrogen-bond donors (Lipinski definition) is 3. The molecule has 1 aromatic carbocycles. The Morgan fingerprint density at radius 2 is 2.12 bits per heavy atom. The minimum absolute atomic E-state index is 0.0348. The molecule has 1 aliphatic rings. The van der Waals surface area contributed by atoms with Crippen molar-refractivity contribution in [3.05, 3.63) is 47.3 Å². The topological polar surface area (TPSA) is 78.9 Å². The maximum absolute atomic E-state index is 12.0. The van der Waals surface area contributed by atoms with Gasteiger partial charge in [-0.1, -0.05) is 13.8 Å². The van der Waals surface area contributed by atoms with E-state index in [1.165, 1.54) is 0 Å². The molecule has 3 rings (SSSR count). The Hall–Kier alpha value is -2.63. The molecule has 132 valence electrons. The van der Waals surface area contributed by atoms with Gasteiger partial charge in [-0.05, 0) is 43.2 Å². The average Bonchev–Trinajstić information content (AvgIpc) is 2.62. The second kappa shape index (κ2) is 7.09. The van der Waals surface area contributed by atoms with Crippen molar-refractivity contribution in [2.75, 3.05) is 17.7 Å². The summed E-state index contributed by atoms with van der Waals surface area (Å²) in [5.41, 5.74) is 3.71. The number of fused-ring (bicyclic) bond motifs is 1. The standard InChI is InChI=1S/C19H25N5O/c1-5-15-12(3)17(24-19-21-9-8-11(2)22-19)14-10-13(18(25)20-4)6-7-16(14)23-15/h6-10,12,15,17,23H,5H2,1-4H3,(H,20,25)(H,21,22,24). The molecule has 6 heteroatoms. The normalized spacial score (nSPS) is 21.8. The van der Waals surface area contributed by atoms with Crippen LogP contribution >= 0.6 is 0 Å². The van der Waals surface area contributed by atoms with Crippen LogP contribution in [-0.4, -0.2) is 29.0 Å². The summed E-state index contributed by atoms with van der Waals surface area (Å²) in [6.45, 7) is 6.34. The zero-order valence-electron chi connectivity index (χ0n) is 15.1. The van der Waals surface area contributed by atoms with Gasteiger partial charge in [0.2, 0.25) is 5.95 Å². The van der Waals surface area contributed by atoms with Gasteiger partial charge in [0.1, 0.15) is 0 Å². The second-order valence-corrected chi connectivity index (χ2v) is 6.54. The van der Waals surface area contributed by atoms with Crippen molar-refractivity contribution in [1.29, 1.82) is 0 Å². The van der Waals surface area contributed by atoms with Crippen molar-refractivity contribution < 1.29 is 4.79 Å². The van der Waals surface area contributed by atoms with E-state index in [0.717, 1.165) is 23.4 Å². The Kier molecular flexibility index (Phi) is 4.88. The molecule has 0 fully saturated rings. The first-order valence-corrected chi connectivity index (χ1v) is 8.72. The smallest absolute Gasteiger partial charge is 0.251 e. The van der Waals surface area contributed by atoms with E-state index in [2.05, 4.69) is 39.8 Å². The molecule has 0 spiro atoms. The van der Waals surface area contributed by atoms with Crippen LogP contribution in [0.5, 0.6) is 0 Å². The Morgan fingerprint density at radius 1 is 1.32 bits per heavy atom. The number of benzene rings is 1. The molecule has 3 N–H and O–H groups in total. The quantitative estimate of drug-likeness (QED) is 0.797. The summed E-state index contributed by atoms with van der Waals surface area (Å²) < 4.78 is 0. The molecule has 1 aliphatic heterocycles. The van der Waals surface area contributed by atoms with Gasteiger partial charge in [0.25, 0.3) is 5.91 Å². The summed E-state index contributed by atoms with van der Waals surface area (Å²) in [6, 6.07) is 8.06. The first-order chi connectivity index (χ1) is 12.0. The highest BCUT2D eigenvalue weighted by Crippen LogP contribution is 2.39. The van der Waals surface area contributed by atoms with Gasteiger partial charge in [-0.3, -0.25) is 4.79 Å². The zero-order chi connectivity index (χ0) is 18.0. The molecule has 25 heavy (non-hydrogen) atoms. The van der Waals surface area contributed by atoms with Crippen LogP contribution in [0.15, 0.2) is 30.5 Å². The SMILES string of the molecule is CCC1Nc2ccc(C(=O)NC)cc2C(Nc2nccc(C)n2)C1C. The third kappa shape index (κ3) is 3.43. The number of aryl methyl sites for hydroxylation is 1. The van der Waals surface area contributed by atoms with Gasteiger partial charge in [0.05, 0.1) is 6.04 Å². The Labute approximate surface area is 148 Å². The number of nitrogens with zero attached hydrogens (tertiary/aromatic N) is 2. The van der Waals surface area contributed by atoms with Crippen molar-refractivity contribution >= 4 is 17.5 Å². The summed E-state index contributed by atoms with van der Waals surface area (Å²) >= 11 is 0. The number of carbonyl (C=O) groups excluding carboxylic acids is 1. The van der Waals surface area contributed by atoms with E-state index in [0.29, 0.717) is 23.5 Å². The molecule has 0 radical (unpaired) electrons. The number of rotatable bonds is 4. The van der Waals surface area contributed by atoms with Gasteiger partial charge >= 0.3 is 0 Å². The summed E-state index contributed by atoms with van der Waals surface area (Å²) in [6.07, 6.45) is 2.78. The Morgan fingerprint density at radius 3 is 2.80 bits per heavy atom. The molecule has 2 heterocycles. The predicted molar refractivity (Wildman–Crippen MR) is 99.8 cm³/mol. The van der Waals surface area contributed by atoms with Gasteiger partial charge in [0.15, 0.2) is 0 Å². The van der Waals surface area contributed by atoms with Gasteiger partial charge in [-0.25, -0.2) is 9.97 Å². The molecule has 2 aromatic rings. The molecule has 0 bridgehead atoms. The van der Waals surface area contributed by atoms with Crippen LogP contribution in [0.4, 0.5) is 11.6 Å². The van der Waals surface area contributed by atoms with Crippen molar-refractivity contribution in [3.63, 3.8) is 0 Å². The monoisotopic (exact) mass is 339 g/mol. The fraction of sp³-hybridized carbons (Fsp3) is 0.421. The molecule has 1 amide bonds. The number of amides is 1. The van der Waals surface area contributed by atoms with Crippen LogP contribution in [0.1, 0.15) is 47.9 Å². The molecule has 3 atom stereocenters. The molecular weight excluding hydrogens is 314 g/mol. The molecule has 0 aliphatic carbocycles. The Balaban J connectivity index is 2.01. The number of carbonyl (C=O) groups is 1. The van der Waals surface area contributed by atoms with Crippen LogP contribution in [0.3, 0.4) is 0 Å². The lowest BCUT2D eigenvalue weighted by molar-refractivity contribution is 0.0963. The summed E-state index contributed by atoms with van der Waals surface area (Å²) in [5.74, 6) is 0.852. The van der Waals surface area contributed by atoms with Crippen LogP contribution < -0.4 is 16.0 Å². The molecule has 0 saturated carbocycles. The maximum atomic E-state index is 12.0. The molecule has 1 aromatic heterocycles. The fourth-order valence-electron chi connectivity index (χ4n) is 3.42. The van der Waals surface area contributed by atoms with E-state index in [1.54, 1.807) is 13.2 Å². The maximum Gasteiger partial charge on any atom is 0.251 e. The molecule has 3 unspecified atom stereocenters. The minimum Gasteiger partial charge on any atom is -0.382 e. The van der Waals surface area contributed by atoms with Crippen LogP contribution in [-0.2, 0) is 0 Å². The lowest BCUT2D eigenvalue weighted by Crippen LogP contribution is -2.39. The average molecular weight is 339 g/mol. The van der Waals surface area contributed by atoms with Gasteiger partial charge < -0.3 is 16.0 Å². The molecular formula is C19H25N5O. The van der Waals surface area contributed by atoms with Gasteiger partial charge in [-0.15, -0.1) is 0 Å². The first kappa shape index (κ1) is 17.2. The number of anilines is 2. The third-order valence-electron chi connectivity index (χ3n) is 4.90. The summed E-state index contributed by atoms with van der Waals surface area (Å²) in [7, 11) is 1.64. The fourth-order valence-corrected chi connectivity index (χ4v) is 3.42. The number of hydrogen-bond acceptors (Lipinski definition) is 5. The number of nitrogens with one attached hydrogen (secondary N) is 3. The first-order valence-electron chi connectivity index (χ1n) is 8.72. The molecule has 0 saturated heterocycles. The highest BCUT2D eigenvalue weighted by Gasteiger charge is 2.33. The van der Waals surface area contributed by atoms with E-state index in [9.17, 15) is 4.79 Å². The van der Waals surface area contributed by atoms with Gasteiger partial charge in [0, 0.05) is 42.1 Å². The van der Waals surface area contributed by atoms with E-state index < -0.39 is 0 Å². The second-order valence-electron chi connectivity index (χ2n) is 6.54. The van der Waals surface area contributed by atoms with Crippen LogP contribution in [0.25, 0.3) is 0 Å². The van der Waals surface area contributed by atoms with Crippen molar-refractivity contribution in [2.45, 2.75) is 39.3 Å². The highest BCUT2D eigenvalue weighted by atomic mass is 16.1. The van der Waals surface area contributed by atoms with E-state index in [4.69, 9.17) is 0 Å². The van der Waals surface area contributed by atoms with Crippen molar-refractivity contribution in [2.24, 2.45) is 5.92 Å². The highest BCUT2D eigenvalue weighted by molar-refractivity contribution is 5.94. The third-order valence-corrected chi connectivity index (χ3v) is 4.90. The lowest BCUT2D eigenvalue weighted by Gasteiger charge is -2.39. The van der Waals surface area contributed by atoms with E-state index >= 15 is 0 Å². The van der Waals surface area contributed by atoms with Crippen molar-refractivity contribution in [3.8, 4) is 0 Å². The lowest BCUT2D eigenvalue weighted by atomic mass is 9.82.